The van der Waals surface area contributed by atoms with E-state index in [0.29, 0.717) is 0 Å². The third-order valence-corrected chi connectivity index (χ3v) is 8.64. The van der Waals surface area contributed by atoms with Gasteiger partial charge in [0.05, 0.1) is 5.52 Å². The van der Waals surface area contributed by atoms with Gasteiger partial charge in [-0.15, -0.1) is 0 Å². The molecule has 0 bridgehead atoms. The van der Waals surface area contributed by atoms with Crippen LogP contribution in [0.5, 0.6) is 0 Å². The number of aromatic nitrogens is 2. The van der Waals surface area contributed by atoms with E-state index in [1.54, 1.807) is 0 Å². The van der Waals surface area contributed by atoms with Gasteiger partial charge in [0, 0.05) is 42.5 Å². The van der Waals surface area contributed by atoms with Crippen molar-refractivity contribution < 1.29 is 4.79 Å². The maximum atomic E-state index is 13.8. The lowest BCUT2D eigenvalue weighted by Crippen LogP contribution is -2.33. The number of piperidine rings is 1. The number of fused-ring (bicyclic) bond motifs is 1. The molecule has 1 saturated heterocycles. The number of hydrogen-bond donors (Lipinski definition) is 0. The summed E-state index contributed by atoms with van der Waals surface area (Å²) in [6.45, 7) is 7.21. The predicted octanol–water partition coefficient (Wildman–Crippen LogP) is 6.85. The van der Waals surface area contributed by atoms with Gasteiger partial charge in [-0.25, -0.2) is 4.52 Å². The topological polar surface area (TPSA) is 40.9 Å². The molecule has 2 aliphatic carbocycles. The number of amides is 1. The van der Waals surface area contributed by atoms with E-state index >= 15 is 0 Å². The SMILES string of the molecule is Cc1ccc(-c2nn3ccc(C(=O)N(CCC4CC4)CCC4CC4)cc3c2/C=C/CN2CCCCC2)cc1. The Balaban J connectivity index is 1.30. The van der Waals surface area contributed by atoms with Crippen LogP contribution in [0.3, 0.4) is 0 Å². The van der Waals surface area contributed by atoms with Crippen molar-refractivity contribution in [2.45, 2.75) is 64.7 Å². The zero-order valence-corrected chi connectivity index (χ0v) is 22.9. The van der Waals surface area contributed by atoms with Crippen molar-refractivity contribution in [2.24, 2.45) is 11.8 Å². The summed E-state index contributed by atoms with van der Waals surface area (Å²) < 4.78 is 1.95. The Morgan fingerprint density at radius 1 is 0.974 bits per heavy atom. The maximum Gasteiger partial charge on any atom is 0.253 e. The Morgan fingerprint density at radius 2 is 1.66 bits per heavy atom. The van der Waals surface area contributed by atoms with Crippen molar-refractivity contribution in [3.05, 3.63) is 65.4 Å². The van der Waals surface area contributed by atoms with Crippen molar-refractivity contribution in [3.8, 4) is 11.3 Å². The number of hydrogen-bond acceptors (Lipinski definition) is 3. The lowest BCUT2D eigenvalue weighted by molar-refractivity contribution is 0.0747. The Hall–Kier alpha value is -2.92. The lowest BCUT2D eigenvalue weighted by atomic mass is 10.0. The van der Waals surface area contributed by atoms with E-state index in [2.05, 4.69) is 59.2 Å². The molecule has 3 fully saturated rings. The van der Waals surface area contributed by atoms with Crippen LogP contribution in [0.25, 0.3) is 22.9 Å². The number of carbonyl (C=O) groups excluding carboxylic acids is 1. The molecule has 0 atom stereocenters. The molecule has 3 aromatic rings. The van der Waals surface area contributed by atoms with Crippen molar-refractivity contribution >= 4 is 17.5 Å². The molecule has 1 aliphatic heterocycles. The molecule has 38 heavy (non-hydrogen) atoms. The van der Waals surface area contributed by atoms with Crippen LogP contribution in [-0.2, 0) is 0 Å². The molecule has 3 aliphatic rings. The van der Waals surface area contributed by atoms with Crippen molar-refractivity contribution in [1.82, 2.24) is 19.4 Å². The average Bonchev–Trinajstić information content (AvgIpc) is 3.88. The minimum Gasteiger partial charge on any atom is -0.339 e. The number of likely N-dealkylation sites (tertiary alicyclic amines) is 1. The molecule has 0 spiro atoms. The van der Waals surface area contributed by atoms with Crippen LogP contribution < -0.4 is 0 Å². The maximum absolute atomic E-state index is 13.8. The molecule has 2 saturated carbocycles. The van der Waals surface area contributed by atoms with Crippen LogP contribution in [0.2, 0.25) is 0 Å². The number of rotatable bonds is 11. The molecule has 0 unspecified atom stereocenters. The lowest BCUT2D eigenvalue weighted by Gasteiger charge is -2.24. The van der Waals surface area contributed by atoms with Gasteiger partial charge in [0.15, 0.2) is 0 Å². The largest absolute Gasteiger partial charge is 0.339 e. The molecule has 6 rings (SSSR count). The highest BCUT2D eigenvalue weighted by Gasteiger charge is 2.27. The smallest absolute Gasteiger partial charge is 0.253 e. The molecule has 2 aromatic heterocycles. The van der Waals surface area contributed by atoms with Crippen LogP contribution in [0.4, 0.5) is 0 Å². The third kappa shape index (κ3) is 6.20. The van der Waals surface area contributed by atoms with Gasteiger partial charge < -0.3 is 4.90 Å². The number of carbonyl (C=O) groups is 1. The van der Waals surface area contributed by atoms with Gasteiger partial charge in [-0.3, -0.25) is 9.69 Å². The van der Waals surface area contributed by atoms with Crippen molar-refractivity contribution in [2.75, 3.05) is 32.7 Å². The van der Waals surface area contributed by atoms with E-state index in [9.17, 15) is 4.79 Å². The van der Waals surface area contributed by atoms with E-state index in [-0.39, 0.29) is 5.91 Å². The van der Waals surface area contributed by atoms with Gasteiger partial charge >= 0.3 is 0 Å². The molecule has 0 N–H and O–H groups in total. The van der Waals surface area contributed by atoms with Crippen LogP contribution in [0, 0.1) is 18.8 Å². The Bertz CT molecular complexity index is 1260. The van der Waals surface area contributed by atoms with Gasteiger partial charge in [0.1, 0.15) is 5.69 Å². The second kappa shape index (κ2) is 11.4. The first kappa shape index (κ1) is 25.4. The van der Waals surface area contributed by atoms with Crippen LogP contribution >= 0.6 is 0 Å². The normalized spacial score (nSPS) is 18.4. The fourth-order valence-electron chi connectivity index (χ4n) is 5.73. The fraction of sp³-hybridized carbons (Fsp3) is 0.515. The first-order valence-corrected chi connectivity index (χ1v) is 14.9. The zero-order chi connectivity index (χ0) is 25.9. The van der Waals surface area contributed by atoms with Gasteiger partial charge in [-0.1, -0.05) is 74.1 Å². The summed E-state index contributed by atoms with van der Waals surface area (Å²) in [5.74, 6) is 1.84. The summed E-state index contributed by atoms with van der Waals surface area (Å²) in [5.41, 5.74) is 6.22. The standard InChI is InChI=1S/C33H42N4O/c1-25-7-13-28(14-8-25)32-30(6-5-20-35-18-3-2-4-19-35)31-24-29(17-23-37(31)34-32)33(38)36(21-15-26-9-10-26)22-16-27-11-12-27/h5-8,13-14,17,23-24,26-27H,2-4,9-12,15-16,18-22H2,1H3/b6-5+. The third-order valence-electron chi connectivity index (χ3n) is 8.64. The van der Waals surface area contributed by atoms with Crippen LogP contribution in [0.1, 0.15) is 79.3 Å². The zero-order valence-electron chi connectivity index (χ0n) is 22.9. The highest BCUT2D eigenvalue weighted by Crippen LogP contribution is 2.35. The van der Waals surface area contributed by atoms with E-state index in [1.165, 1.54) is 63.6 Å². The number of pyridine rings is 1. The summed E-state index contributed by atoms with van der Waals surface area (Å²) in [4.78, 5) is 18.4. The summed E-state index contributed by atoms with van der Waals surface area (Å²) in [5, 5.41) is 4.99. The average molecular weight is 511 g/mol. The number of nitrogens with zero attached hydrogens (tertiary/aromatic N) is 4. The quantitative estimate of drug-likeness (QED) is 0.283. The summed E-state index contributed by atoms with van der Waals surface area (Å²) >= 11 is 0. The Labute approximate surface area is 227 Å². The van der Waals surface area contributed by atoms with Gasteiger partial charge in [0.2, 0.25) is 0 Å². The van der Waals surface area contributed by atoms with Crippen molar-refractivity contribution in [3.63, 3.8) is 0 Å². The molecule has 3 heterocycles. The second-order valence-electron chi connectivity index (χ2n) is 11.9. The highest BCUT2D eigenvalue weighted by molar-refractivity contribution is 5.96. The van der Waals surface area contributed by atoms with Crippen LogP contribution in [-0.4, -0.2) is 58.0 Å². The second-order valence-corrected chi connectivity index (χ2v) is 11.9. The van der Waals surface area contributed by atoms with Gasteiger partial charge in [-0.05, 0) is 69.7 Å². The fourth-order valence-corrected chi connectivity index (χ4v) is 5.73. The van der Waals surface area contributed by atoms with Crippen LogP contribution in [0.15, 0.2) is 48.7 Å². The first-order chi connectivity index (χ1) is 18.6. The highest BCUT2D eigenvalue weighted by atomic mass is 16.2. The Morgan fingerprint density at radius 3 is 2.32 bits per heavy atom. The summed E-state index contributed by atoms with van der Waals surface area (Å²) in [6, 6.07) is 12.6. The minimum atomic E-state index is 0.176. The first-order valence-electron chi connectivity index (χ1n) is 14.9. The van der Waals surface area contributed by atoms with Gasteiger partial charge in [-0.2, -0.15) is 5.10 Å². The Kier molecular flexibility index (Phi) is 7.64. The number of benzene rings is 1. The summed E-state index contributed by atoms with van der Waals surface area (Å²) in [6.07, 6.45) is 18.1. The monoisotopic (exact) mass is 510 g/mol. The van der Waals surface area contributed by atoms with Crippen molar-refractivity contribution in [1.29, 1.82) is 0 Å². The molecule has 5 heteroatoms. The minimum absolute atomic E-state index is 0.176. The molecule has 1 aromatic carbocycles. The molecule has 0 radical (unpaired) electrons. The van der Waals surface area contributed by atoms with E-state index in [4.69, 9.17) is 5.10 Å². The molecule has 5 nitrogen and oxygen atoms in total. The summed E-state index contributed by atoms with van der Waals surface area (Å²) in [7, 11) is 0. The molecule has 1 amide bonds. The molecule has 200 valence electrons. The number of aryl methyl sites for hydroxylation is 1. The molecular weight excluding hydrogens is 468 g/mol. The molecular formula is C33H42N4O. The van der Waals surface area contributed by atoms with E-state index < -0.39 is 0 Å². The predicted molar refractivity (Wildman–Crippen MR) is 155 cm³/mol. The van der Waals surface area contributed by atoms with Gasteiger partial charge in [0.25, 0.3) is 5.91 Å². The van der Waals surface area contributed by atoms with E-state index in [1.807, 2.05) is 16.8 Å². The van der Waals surface area contributed by atoms with E-state index in [0.717, 1.165) is 72.2 Å².